The van der Waals surface area contributed by atoms with E-state index in [1.807, 2.05) is 111 Å². The number of benzene rings is 4. The highest BCUT2D eigenvalue weighted by atomic mass is 16.7. The monoisotopic (exact) mass is 609 g/mol. The van der Waals surface area contributed by atoms with Crippen LogP contribution in [0.2, 0.25) is 0 Å². The average molecular weight is 610 g/mol. The fourth-order valence-electron chi connectivity index (χ4n) is 4.87. The number of carbonyl (C=O) groups excluding carboxylic acids is 1. The first-order chi connectivity index (χ1) is 22.1. The summed E-state index contributed by atoms with van der Waals surface area (Å²) in [7, 11) is 0. The summed E-state index contributed by atoms with van der Waals surface area (Å²) in [5, 5.41) is 4.33. The van der Waals surface area contributed by atoms with E-state index in [9.17, 15) is 4.79 Å². The quantitative estimate of drug-likeness (QED) is 0.116. The Kier molecular flexibility index (Phi) is 12.0. The molecule has 8 nitrogen and oxygen atoms in total. The minimum Gasteiger partial charge on any atom is -0.374 e. The molecule has 0 radical (unpaired) electrons. The smallest absolute Gasteiger partial charge is 0.365 e. The van der Waals surface area contributed by atoms with Crippen LogP contribution in [0.25, 0.3) is 0 Å². The van der Waals surface area contributed by atoms with Crippen molar-refractivity contribution in [3.05, 3.63) is 144 Å². The van der Waals surface area contributed by atoms with Crippen LogP contribution in [0.5, 0.6) is 0 Å². The molecular weight excluding hydrogens is 570 g/mol. The van der Waals surface area contributed by atoms with E-state index in [1.165, 1.54) is 0 Å². The number of carbonyl (C=O) groups is 1. The third-order valence-electron chi connectivity index (χ3n) is 7.09. The van der Waals surface area contributed by atoms with Gasteiger partial charge in [0, 0.05) is 0 Å². The maximum atomic E-state index is 12.9. The molecule has 1 heterocycles. The van der Waals surface area contributed by atoms with Crippen LogP contribution in [0.1, 0.15) is 40.9 Å². The molecule has 0 N–H and O–H groups in total. The summed E-state index contributed by atoms with van der Waals surface area (Å²) < 4.78 is 32.0. The molecule has 4 aromatic carbocycles. The predicted octanol–water partition coefficient (Wildman–Crippen LogP) is 6.74. The van der Waals surface area contributed by atoms with E-state index in [-0.39, 0.29) is 25.0 Å². The molecule has 8 heteroatoms. The van der Waals surface area contributed by atoms with Crippen LogP contribution in [0.4, 0.5) is 0 Å². The van der Waals surface area contributed by atoms with Gasteiger partial charge in [0.25, 0.3) is 0 Å². The Hall–Kier alpha value is -4.18. The lowest BCUT2D eigenvalue weighted by Crippen LogP contribution is -2.59. The first-order valence-electron chi connectivity index (χ1n) is 15.1. The number of hydrogen-bond acceptors (Lipinski definition) is 8. The minimum absolute atomic E-state index is 0.203. The van der Waals surface area contributed by atoms with Gasteiger partial charge in [-0.2, -0.15) is 0 Å². The number of nitrogens with zero attached hydrogens (tertiary/aromatic N) is 1. The summed E-state index contributed by atoms with van der Waals surface area (Å²) in [5.41, 5.74) is 3.62. The zero-order chi connectivity index (χ0) is 31.3. The van der Waals surface area contributed by atoms with Gasteiger partial charge in [0.1, 0.15) is 24.0 Å². The van der Waals surface area contributed by atoms with Crippen molar-refractivity contribution in [1.29, 1.82) is 0 Å². The largest absolute Gasteiger partial charge is 0.374 e. The third-order valence-corrected chi connectivity index (χ3v) is 7.09. The lowest BCUT2D eigenvalue weighted by molar-refractivity contribution is -0.234. The summed E-state index contributed by atoms with van der Waals surface area (Å²) >= 11 is 0. The fourth-order valence-corrected chi connectivity index (χ4v) is 4.87. The van der Waals surface area contributed by atoms with Crippen molar-refractivity contribution >= 4 is 11.7 Å². The minimum atomic E-state index is -0.976. The second-order valence-corrected chi connectivity index (χ2v) is 10.9. The van der Waals surface area contributed by atoms with Crippen molar-refractivity contribution in [2.45, 2.75) is 64.4 Å². The van der Waals surface area contributed by atoms with Gasteiger partial charge in [-0.05, 0) is 42.7 Å². The molecule has 1 saturated heterocycles. The standard InChI is InChI=1S/C37H39NO7/c1-27(2)43-37-33(38-45-36(39)31-21-13-6-14-22-31)35(42-25-30-19-11-5-12-20-30)34(41-24-29-17-9-4-10-18-29)32(44-37)26-40-23-28-15-7-3-8-16-28/h3-22,27,32,34-35,37H,23-26H2,1-2H3/b38-33+/t32-,34-,35-,37-/m1/s1. The molecule has 4 aromatic rings. The van der Waals surface area contributed by atoms with Crippen molar-refractivity contribution < 1.29 is 33.3 Å². The molecule has 1 aliphatic rings. The van der Waals surface area contributed by atoms with Gasteiger partial charge in [-0.15, -0.1) is 0 Å². The number of hydrogen-bond donors (Lipinski definition) is 0. The Bertz CT molecular complexity index is 1470. The molecule has 5 rings (SSSR count). The van der Waals surface area contributed by atoms with Crippen molar-refractivity contribution in [3.8, 4) is 0 Å². The maximum Gasteiger partial charge on any atom is 0.365 e. The highest BCUT2D eigenvalue weighted by Gasteiger charge is 2.47. The highest BCUT2D eigenvalue weighted by molar-refractivity contribution is 5.94. The molecule has 0 spiro atoms. The van der Waals surface area contributed by atoms with Gasteiger partial charge in [0.2, 0.25) is 6.29 Å². The van der Waals surface area contributed by atoms with Gasteiger partial charge >= 0.3 is 5.97 Å². The van der Waals surface area contributed by atoms with Crippen LogP contribution in [0.15, 0.2) is 126 Å². The third kappa shape index (κ3) is 9.65. The molecule has 4 atom stereocenters. The second-order valence-electron chi connectivity index (χ2n) is 10.9. The van der Waals surface area contributed by atoms with Crippen molar-refractivity contribution in [3.63, 3.8) is 0 Å². The molecule has 234 valence electrons. The van der Waals surface area contributed by atoms with E-state index in [0.29, 0.717) is 18.8 Å². The van der Waals surface area contributed by atoms with Gasteiger partial charge in [-0.3, -0.25) is 0 Å². The lowest BCUT2D eigenvalue weighted by atomic mass is 9.98. The first kappa shape index (κ1) is 32.2. The molecule has 0 saturated carbocycles. The molecule has 0 unspecified atom stereocenters. The number of rotatable bonds is 14. The van der Waals surface area contributed by atoms with Crippen LogP contribution in [0, 0.1) is 0 Å². The molecule has 1 aliphatic heterocycles. The van der Waals surface area contributed by atoms with Crippen LogP contribution in [-0.2, 0) is 48.3 Å². The summed E-state index contributed by atoms with van der Waals surface area (Å²) in [5.74, 6) is -0.608. The topological polar surface area (TPSA) is 84.8 Å². The number of oxime groups is 1. The summed E-state index contributed by atoms with van der Waals surface area (Å²) in [4.78, 5) is 18.4. The molecule has 0 aromatic heterocycles. The zero-order valence-electron chi connectivity index (χ0n) is 25.6. The Labute approximate surface area is 264 Å². The Morgan fingerprint density at radius 3 is 1.78 bits per heavy atom. The van der Waals surface area contributed by atoms with E-state index in [4.69, 9.17) is 28.5 Å². The lowest BCUT2D eigenvalue weighted by Gasteiger charge is -2.42. The van der Waals surface area contributed by atoms with Crippen LogP contribution in [-0.4, -0.2) is 49.0 Å². The first-order valence-corrected chi connectivity index (χ1v) is 15.1. The van der Waals surface area contributed by atoms with Gasteiger partial charge in [-0.25, -0.2) is 4.79 Å². The fraction of sp³-hybridized carbons (Fsp3) is 0.297. The SMILES string of the molecule is CC(C)O[C@@H]1O[C@H](COCc2ccccc2)[C@@H](OCc2ccccc2)[C@H](OCc2ccccc2)/C1=N\OC(=O)c1ccccc1. The number of ether oxygens (including phenoxy) is 5. The highest BCUT2D eigenvalue weighted by Crippen LogP contribution is 2.28. The Morgan fingerprint density at radius 1 is 0.711 bits per heavy atom. The zero-order valence-corrected chi connectivity index (χ0v) is 25.6. The van der Waals surface area contributed by atoms with Gasteiger partial charge in [0.05, 0.1) is 38.1 Å². The van der Waals surface area contributed by atoms with Gasteiger partial charge in [0.15, 0.2) is 0 Å². The van der Waals surface area contributed by atoms with Crippen molar-refractivity contribution in [2.75, 3.05) is 6.61 Å². The van der Waals surface area contributed by atoms with E-state index in [2.05, 4.69) is 5.16 Å². The van der Waals surface area contributed by atoms with Crippen LogP contribution >= 0.6 is 0 Å². The molecule has 45 heavy (non-hydrogen) atoms. The summed E-state index contributed by atoms with van der Waals surface area (Å²) in [6.45, 7) is 4.95. The average Bonchev–Trinajstić information content (AvgIpc) is 3.07. The summed E-state index contributed by atoms with van der Waals surface area (Å²) in [6, 6.07) is 38.3. The maximum absolute atomic E-state index is 12.9. The van der Waals surface area contributed by atoms with E-state index in [0.717, 1.165) is 16.7 Å². The second kappa shape index (κ2) is 16.8. The van der Waals surface area contributed by atoms with Crippen molar-refractivity contribution in [1.82, 2.24) is 0 Å². The normalized spacial score (nSPS) is 20.7. The molecule has 0 amide bonds. The van der Waals surface area contributed by atoms with Gasteiger partial charge < -0.3 is 28.5 Å². The van der Waals surface area contributed by atoms with Crippen LogP contribution in [0.3, 0.4) is 0 Å². The van der Waals surface area contributed by atoms with E-state index < -0.39 is 30.6 Å². The molecular formula is C37H39NO7. The van der Waals surface area contributed by atoms with Gasteiger partial charge in [-0.1, -0.05) is 114 Å². The van der Waals surface area contributed by atoms with Crippen LogP contribution < -0.4 is 0 Å². The Balaban J connectivity index is 1.46. The molecule has 0 aliphatic carbocycles. The van der Waals surface area contributed by atoms with E-state index in [1.54, 1.807) is 24.3 Å². The van der Waals surface area contributed by atoms with E-state index >= 15 is 0 Å². The predicted molar refractivity (Wildman–Crippen MR) is 170 cm³/mol. The Morgan fingerprint density at radius 2 is 1.22 bits per heavy atom. The molecule has 1 fully saturated rings. The molecule has 0 bridgehead atoms. The summed E-state index contributed by atoms with van der Waals surface area (Å²) in [6.07, 6.45) is -3.26. The van der Waals surface area contributed by atoms with Crippen molar-refractivity contribution in [2.24, 2.45) is 5.16 Å².